The Morgan fingerprint density at radius 3 is 2.74 bits per heavy atom. The summed E-state index contributed by atoms with van der Waals surface area (Å²) >= 11 is 5.93. The third-order valence-electron chi connectivity index (χ3n) is 1.89. The average Bonchev–Trinajstić information content (AvgIpc) is 2.25. The van der Waals surface area contributed by atoms with Crippen LogP contribution in [0.4, 0.5) is 0 Å². The number of hydrogen-bond acceptors (Lipinski definition) is 5. The number of carbonyl (C=O) groups excluding carboxylic acids is 1. The molecule has 1 heterocycles. The molecule has 0 radical (unpaired) electrons. The molecule has 1 aromatic rings. The van der Waals surface area contributed by atoms with Crippen molar-refractivity contribution >= 4 is 27.7 Å². The maximum absolute atomic E-state index is 11.6. The van der Waals surface area contributed by atoms with Crippen molar-refractivity contribution in [2.75, 3.05) is 6.61 Å². The van der Waals surface area contributed by atoms with E-state index >= 15 is 0 Å². The van der Waals surface area contributed by atoms with Gasteiger partial charge in [-0.25, -0.2) is 14.8 Å². The van der Waals surface area contributed by atoms with E-state index in [2.05, 4.69) is 4.98 Å². The van der Waals surface area contributed by atoms with Crippen molar-refractivity contribution in [1.82, 2.24) is 9.71 Å². The number of nitrogens with one attached hydrogen (secondary N) is 1. The summed E-state index contributed by atoms with van der Waals surface area (Å²) in [6.45, 7) is 4.24. The molecule has 0 bridgehead atoms. The van der Waals surface area contributed by atoms with E-state index in [9.17, 15) is 13.2 Å². The summed E-state index contributed by atoms with van der Waals surface area (Å²) in [6.07, 6.45) is 1.29. The summed E-state index contributed by atoms with van der Waals surface area (Å²) in [6, 6.07) is 1.27. The number of hydrogen-bond donors (Lipinski definition) is 2. The zero-order valence-electron chi connectivity index (χ0n) is 10.4. The van der Waals surface area contributed by atoms with Crippen LogP contribution in [0.15, 0.2) is 12.3 Å². The molecule has 0 spiro atoms. The molecule has 1 amide bonds. The molecule has 1 aromatic heterocycles. The van der Waals surface area contributed by atoms with Crippen LogP contribution < -0.4 is 14.6 Å². The van der Waals surface area contributed by atoms with Crippen LogP contribution in [-0.2, 0) is 10.2 Å². The molecule has 0 saturated heterocycles. The van der Waals surface area contributed by atoms with E-state index in [1.807, 2.05) is 13.8 Å². The molecular weight excluding hydrogens is 294 g/mol. The highest BCUT2D eigenvalue weighted by Gasteiger charge is 2.18. The Labute approximate surface area is 116 Å². The van der Waals surface area contributed by atoms with Crippen LogP contribution in [0.2, 0.25) is 5.02 Å². The van der Waals surface area contributed by atoms with E-state index < -0.39 is 16.1 Å². The third-order valence-corrected chi connectivity index (χ3v) is 2.73. The lowest BCUT2D eigenvalue weighted by molar-refractivity contribution is 0.0981. The van der Waals surface area contributed by atoms with Gasteiger partial charge in [0.2, 0.25) is 5.88 Å². The molecule has 19 heavy (non-hydrogen) atoms. The lowest BCUT2D eigenvalue weighted by atomic mass is 10.2. The second-order valence-corrected chi connectivity index (χ2v) is 5.83. The topological polar surface area (TPSA) is 111 Å². The molecule has 0 aliphatic heterocycles. The minimum Gasteiger partial charge on any atom is -0.476 e. The smallest absolute Gasteiger partial charge is 0.298 e. The number of aromatic nitrogens is 1. The fraction of sp³-hybridized carbons (Fsp3) is 0.400. The fourth-order valence-electron chi connectivity index (χ4n) is 1.13. The van der Waals surface area contributed by atoms with E-state index in [1.165, 1.54) is 12.3 Å². The molecule has 106 valence electrons. The summed E-state index contributed by atoms with van der Waals surface area (Å²) in [4.78, 5) is 15.5. The maximum Gasteiger partial charge on any atom is 0.298 e. The van der Waals surface area contributed by atoms with Gasteiger partial charge in [0.1, 0.15) is 5.02 Å². The van der Waals surface area contributed by atoms with E-state index in [0.717, 1.165) is 0 Å². The summed E-state index contributed by atoms with van der Waals surface area (Å²) in [5, 5.41) is 4.65. The highest BCUT2D eigenvalue weighted by Crippen LogP contribution is 2.25. The van der Waals surface area contributed by atoms with Gasteiger partial charge in [0.15, 0.2) is 0 Å². The number of carbonyl (C=O) groups is 1. The maximum atomic E-state index is 11.6. The Bertz CT molecular complexity index is 574. The number of pyridine rings is 1. The Balaban J connectivity index is 2.97. The van der Waals surface area contributed by atoms with Crippen molar-refractivity contribution < 1.29 is 17.9 Å². The quantitative estimate of drug-likeness (QED) is 0.832. The van der Waals surface area contributed by atoms with Crippen LogP contribution in [0.5, 0.6) is 5.88 Å². The number of rotatable bonds is 5. The van der Waals surface area contributed by atoms with E-state index in [1.54, 1.807) is 4.72 Å². The molecule has 7 nitrogen and oxygen atoms in total. The molecule has 0 aliphatic rings. The first kappa shape index (κ1) is 15.7. The third kappa shape index (κ3) is 5.01. The van der Waals surface area contributed by atoms with Crippen LogP contribution in [0.25, 0.3) is 0 Å². The van der Waals surface area contributed by atoms with E-state index in [4.69, 9.17) is 21.5 Å². The zero-order chi connectivity index (χ0) is 14.6. The SMILES string of the molecule is CC(C)COc1nccc(C(=O)NS(N)(=O)=O)c1Cl. The predicted octanol–water partition coefficient (Wildman–Crippen LogP) is 0.703. The molecule has 1 rings (SSSR count). The number of nitrogens with two attached hydrogens (primary N) is 1. The second-order valence-electron chi connectivity index (χ2n) is 4.16. The lowest BCUT2D eigenvalue weighted by Gasteiger charge is -2.11. The van der Waals surface area contributed by atoms with Crippen molar-refractivity contribution in [3.8, 4) is 5.88 Å². The van der Waals surface area contributed by atoms with Gasteiger partial charge in [0.05, 0.1) is 12.2 Å². The summed E-state index contributed by atoms with van der Waals surface area (Å²) < 4.78 is 28.5. The molecule has 0 aromatic carbocycles. The van der Waals surface area contributed by atoms with Crippen LogP contribution in [0.3, 0.4) is 0 Å². The van der Waals surface area contributed by atoms with E-state index in [-0.39, 0.29) is 22.4 Å². The Kier molecular flexibility index (Phi) is 5.10. The number of ether oxygens (including phenoxy) is 1. The number of halogens is 1. The minimum absolute atomic E-state index is 0.0655. The highest BCUT2D eigenvalue weighted by molar-refractivity contribution is 7.87. The van der Waals surface area contributed by atoms with Gasteiger partial charge >= 0.3 is 0 Å². The predicted molar refractivity (Wildman–Crippen MR) is 70.2 cm³/mol. The minimum atomic E-state index is -4.15. The van der Waals surface area contributed by atoms with Crippen LogP contribution in [0, 0.1) is 5.92 Å². The van der Waals surface area contributed by atoms with Crippen molar-refractivity contribution in [2.24, 2.45) is 11.1 Å². The highest BCUT2D eigenvalue weighted by atomic mass is 35.5. The largest absolute Gasteiger partial charge is 0.476 e. The first-order chi connectivity index (χ1) is 8.70. The first-order valence-corrected chi connectivity index (χ1v) is 7.25. The monoisotopic (exact) mass is 307 g/mol. The van der Waals surface area contributed by atoms with Gasteiger partial charge < -0.3 is 4.74 Å². The molecule has 0 fully saturated rings. The molecule has 9 heteroatoms. The number of nitrogens with zero attached hydrogens (tertiary/aromatic N) is 1. The molecular formula is C10H14ClN3O4S. The Hall–Kier alpha value is -1.38. The molecule has 0 aliphatic carbocycles. The number of amides is 1. The van der Waals surface area contributed by atoms with Crippen molar-refractivity contribution in [1.29, 1.82) is 0 Å². The Morgan fingerprint density at radius 2 is 2.21 bits per heavy atom. The Morgan fingerprint density at radius 1 is 1.58 bits per heavy atom. The van der Waals surface area contributed by atoms with Crippen LogP contribution in [-0.4, -0.2) is 25.9 Å². The van der Waals surface area contributed by atoms with Crippen molar-refractivity contribution in [3.05, 3.63) is 22.8 Å². The van der Waals surface area contributed by atoms with Gasteiger partial charge in [-0.05, 0) is 12.0 Å². The molecule has 3 N–H and O–H groups in total. The van der Waals surface area contributed by atoms with Gasteiger partial charge in [-0.1, -0.05) is 25.4 Å². The van der Waals surface area contributed by atoms with Crippen LogP contribution >= 0.6 is 11.6 Å². The van der Waals surface area contributed by atoms with Crippen molar-refractivity contribution in [2.45, 2.75) is 13.8 Å². The molecule has 0 saturated carbocycles. The average molecular weight is 308 g/mol. The standard InChI is InChI=1S/C10H14ClN3O4S/c1-6(2)5-18-10-8(11)7(3-4-13-10)9(15)14-19(12,16)17/h3-4,6H,5H2,1-2H3,(H,14,15)(H2,12,16,17). The van der Waals surface area contributed by atoms with Gasteiger partial charge in [0.25, 0.3) is 16.1 Å². The fourth-order valence-corrected chi connectivity index (χ4v) is 1.75. The molecule has 0 atom stereocenters. The van der Waals surface area contributed by atoms with Gasteiger partial charge in [-0.2, -0.15) is 8.42 Å². The lowest BCUT2D eigenvalue weighted by Crippen LogP contribution is -2.36. The van der Waals surface area contributed by atoms with Gasteiger partial charge in [-0.15, -0.1) is 0 Å². The van der Waals surface area contributed by atoms with Gasteiger partial charge in [0, 0.05) is 6.20 Å². The second kappa shape index (κ2) is 6.18. The zero-order valence-corrected chi connectivity index (χ0v) is 12.0. The first-order valence-electron chi connectivity index (χ1n) is 5.33. The van der Waals surface area contributed by atoms with Crippen molar-refractivity contribution in [3.63, 3.8) is 0 Å². The van der Waals surface area contributed by atoms with E-state index in [0.29, 0.717) is 6.61 Å². The van der Waals surface area contributed by atoms with Crippen LogP contribution in [0.1, 0.15) is 24.2 Å². The normalized spacial score (nSPS) is 11.4. The summed E-state index contributed by atoms with van der Waals surface area (Å²) in [7, 11) is -4.15. The summed E-state index contributed by atoms with van der Waals surface area (Å²) in [5.74, 6) is -0.624. The molecule has 0 unspecified atom stereocenters. The van der Waals surface area contributed by atoms with Gasteiger partial charge in [-0.3, -0.25) is 4.79 Å². The summed E-state index contributed by atoms with van der Waals surface area (Å²) in [5.41, 5.74) is -0.0792.